The molecule has 0 saturated carbocycles. The molecule has 10 heavy (non-hydrogen) atoms. The predicted molar refractivity (Wildman–Crippen MR) is 48.1 cm³/mol. The minimum Gasteiger partial charge on any atom is -0.103 e. The average molecular weight is 140 g/mol. The van der Waals surface area contributed by atoms with Crippen molar-refractivity contribution < 1.29 is 0 Å². The summed E-state index contributed by atoms with van der Waals surface area (Å²) in [5.41, 5.74) is 0.401. The molecule has 0 aromatic heterocycles. The van der Waals surface area contributed by atoms with E-state index in [-0.39, 0.29) is 0 Å². The van der Waals surface area contributed by atoms with E-state index in [1.54, 1.807) is 0 Å². The zero-order valence-electron chi connectivity index (χ0n) is 7.78. The van der Waals surface area contributed by atoms with Crippen LogP contribution in [0.2, 0.25) is 0 Å². The van der Waals surface area contributed by atoms with Crippen molar-refractivity contribution in [3.63, 3.8) is 0 Å². The van der Waals surface area contributed by atoms with Gasteiger partial charge in [-0.05, 0) is 17.8 Å². The lowest BCUT2D eigenvalue weighted by Gasteiger charge is -2.27. The minimum atomic E-state index is 0.401. The van der Waals surface area contributed by atoms with E-state index in [0.29, 0.717) is 11.3 Å². The summed E-state index contributed by atoms with van der Waals surface area (Å²) in [5, 5.41) is 0. The van der Waals surface area contributed by atoms with Gasteiger partial charge in [0, 0.05) is 0 Å². The van der Waals surface area contributed by atoms with E-state index in [1.165, 1.54) is 12.8 Å². The fraction of sp³-hybridized carbons (Fsp3) is 0.800. The van der Waals surface area contributed by atoms with E-state index in [9.17, 15) is 0 Å². The van der Waals surface area contributed by atoms with E-state index >= 15 is 0 Å². The molecule has 0 aliphatic heterocycles. The van der Waals surface area contributed by atoms with Crippen molar-refractivity contribution in [3.05, 3.63) is 12.7 Å². The van der Waals surface area contributed by atoms with Gasteiger partial charge in [-0.1, -0.05) is 40.2 Å². The number of allylic oxidation sites excluding steroid dienone is 1. The van der Waals surface area contributed by atoms with Gasteiger partial charge in [0.05, 0.1) is 0 Å². The maximum atomic E-state index is 3.85. The van der Waals surface area contributed by atoms with Crippen LogP contribution in [0.15, 0.2) is 12.7 Å². The van der Waals surface area contributed by atoms with E-state index in [4.69, 9.17) is 0 Å². The van der Waals surface area contributed by atoms with Gasteiger partial charge in [-0.2, -0.15) is 0 Å². The molecule has 0 aliphatic rings. The molecule has 0 nitrogen and oxygen atoms in total. The molecule has 0 N–H and O–H groups in total. The summed E-state index contributed by atoms with van der Waals surface area (Å²) < 4.78 is 0. The Balaban J connectivity index is 3.93. The van der Waals surface area contributed by atoms with Crippen molar-refractivity contribution >= 4 is 0 Å². The Kier molecular flexibility index (Phi) is 3.70. The zero-order valence-corrected chi connectivity index (χ0v) is 7.78. The molecule has 0 aromatic rings. The molecule has 0 saturated heterocycles. The Morgan fingerprint density at radius 2 is 1.90 bits per heavy atom. The minimum absolute atomic E-state index is 0.401. The Morgan fingerprint density at radius 1 is 1.40 bits per heavy atom. The third-order valence-electron chi connectivity index (χ3n) is 2.00. The van der Waals surface area contributed by atoms with Crippen molar-refractivity contribution in [2.24, 2.45) is 11.3 Å². The summed E-state index contributed by atoms with van der Waals surface area (Å²) in [4.78, 5) is 0. The zero-order chi connectivity index (χ0) is 8.20. The van der Waals surface area contributed by atoms with Crippen LogP contribution in [0.3, 0.4) is 0 Å². The summed E-state index contributed by atoms with van der Waals surface area (Å²) >= 11 is 0. The molecule has 0 rings (SSSR count). The number of rotatable bonds is 3. The van der Waals surface area contributed by atoms with Crippen LogP contribution in [0, 0.1) is 11.3 Å². The number of hydrogen-bond acceptors (Lipinski definition) is 0. The van der Waals surface area contributed by atoms with Gasteiger partial charge >= 0.3 is 0 Å². The summed E-state index contributed by atoms with van der Waals surface area (Å²) in [6.45, 7) is 12.9. The van der Waals surface area contributed by atoms with Crippen LogP contribution in [0.25, 0.3) is 0 Å². The van der Waals surface area contributed by atoms with Crippen molar-refractivity contribution in [1.82, 2.24) is 0 Å². The molecule has 0 radical (unpaired) electrons. The van der Waals surface area contributed by atoms with Gasteiger partial charge in [0.2, 0.25) is 0 Å². The molecule has 1 unspecified atom stereocenters. The molecular formula is C10H20. The van der Waals surface area contributed by atoms with Crippen LogP contribution < -0.4 is 0 Å². The molecule has 0 heteroatoms. The lowest BCUT2D eigenvalue weighted by Crippen LogP contribution is -2.17. The lowest BCUT2D eigenvalue weighted by atomic mass is 9.78. The van der Waals surface area contributed by atoms with Gasteiger partial charge in [-0.3, -0.25) is 0 Å². The highest BCUT2D eigenvalue weighted by Crippen LogP contribution is 2.30. The van der Waals surface area contributed by atoms with Crippen molar-refractivity contribution in [2.45, 2.75) is 40.5 Å². The largest absolute Gasteiger partial charge is 0.103 e. The van der Waals surface area contributed by atoms with Crippen LogP contribution in [0.5, 0.6) is 0 Å². The highest BCUT2D eigenvalue weighted by molar-refractivity contribution is 4.87. The molecule has 0 spiro atoms. The predicted octanol–water partition coefficient (Wildman–Crippen LogP) is 3.63. The molecule has 0 amide bonds. The quantitative estimate of drug-likeness (QED) is 0.525. The lowest BCUT2D eigenvalue weighted by molar-refractivity contribution is 0.277. The molecule has 0 fully saturated rings. The first-order valence-electron chi connectivity index (χ1n) is 4.15. The van der Waals surface area contributed by atoms with Crippen LogP contribution >= 0.6 is 0 Å². The Labute approximate surface area is 65.3 Å². The SMILES string of the molecule is C=CC(CCC)C(C)(C)C. The smallest absolute Gasteiger partial charge is 0.0188 e. The van der Waals surface area contributed by atoms with E-state index in [2.05, 4.69) is 40.3 Å². The number of hydrogen-bond donors (Lipinski definition) is 0. The van der Waals surface area contributed by atoms with Crippen LogP contribution in [-0.2, 0) is 0 Å². The fourth-order valence-corrected chi connectivity index (χ4v) is 1.22. The van der Waals surface area contributed by atoms with Crippen molar-refractivity contribution in [3.8, 4) is 0 Å². The topological polar surface area (TPSA) is 0 Å². The molecule has 0 aliphatic carbocycles. The van der Waals surface area contributed by atoms with Gasteiger partial charge in [0.15, 0.2) is 0 Å². The first kappa shape index (κ1) is 9.74. The highest BCUT2D eigenvalue weighted by Gasteiger charge is 2.19. The highest BCUT2D eigenvalue weighted by atomic mass is 14.2. The average Bonchev–Trinajstić information content (AvgIpc) is 1.80. The van der Waals surface area contributed by atoms with Crippen LogP contribution in [0.4, 0.5) is 0 Å². The molecular weight excluding hydrogens is 120 g/mol. The van der Waals surface area contributed by atoms with Gasteiger partial charge in [-0.15, -0.1) is 6.58 Å². The maximum Gasteiger partial charge on any atom is -0.0188 e. The summed E-state index contributed by atoms with van der Waals surface area (Å²) in [7, 11) is 0. The molecule has 1 atom stereocenters. The standard InChI is InChI=1S/C10H20/c1-6-8-9(7-2)10(3,4)5/h7,9H,2,6,8H2,1,3-5H3. The van der Waals surface area contributed by atoms with Gasteiger partial charge in [0.25, 0.3) is 0 Å². The van der Waals surface area contributed by atoms with E-state index in [1.807, 2.05) is 0 Å². The Morgan fingerprint density at radius 3 is 2.00 bits per heavy atom. The first-order valence-corrected chi connectivity index (χ1v) is 4.15. The Hall–Kier alpha value is -0.260. The first-order chi connectivity index (χ1) is 4.52. The summed E-state index contributed by atoms with van der Waals surface area (Å²) in [6.07, 6.45) is 4.62. The third kappa shape index (κ3) is 3.05. The molecule has 0 heterocycles. The van der Waals surface area contributed by atoms with Crippen molar-refractivity contribution in [2.75, 3.05) is 0 Å². The molecule has 0 aromatic carbocycles. The summed E-state index contributed by atoms with van der Waals surface area (Å²) in [6, 6.07) is 0. The summed E-state index contributed by atoms with van der Waals surface area (Å²) in [5.74, 6) is 0.678. The third-order valence-corrected chi connectivity index (χ3v) is 2.00. The normalized spacial score (nSPS) is 14.8. The monoisotopic (exact) mass is 140 g/mol. The van der Waals surface area contributed by atoms with Gasteiger partial charge < -0.3 is 0 Å². The maximum absolute atomic E-state index is 3.85. The van der Waals surface area contributed by atoms with Gasteiger partial charge in [-0.25, -0.2) is 0 Å². The molecule has 60 valence electrons. The Bertz CT molecular complexity index is 95.1. The van der Waals surface area contributed by atoms with Crippen molar-refractivity contribution in [1.29, 1.82) is 0 Å². The molecule has 0 bridgehead atoms. The van der Waals surface area contributed by atoms with Crippen LogP contribution in [0.1, 0.15) is 40.5 Å². The van der Waals surface area contributed by atoms with Gasteiger partial charge in [0.1, 0.15) is 0 Å². The van der Waals surface area contributed by atoms with Crippen LogP contribution in [-0.4, -0.2) is 0 Å². The van der Waals surface area contributed by atoms with E-state index in [0.717, 1.165) is 0 Å². The second-order valence-electron chi connectivity index (χ2n) is 4.00. The second-order valence-corrected chi connectivity index (χ2v) is 4.00. The fourth-order valence-electron chi connectivity index (χ4n) is 1.22. The second kappa shape index (κ2) is 3.80. The van der Waals surface area contributed by atoms with E-state index < -0.39 is 0 Å².